The minimum absolute atomic E-state index is 0.708. The van der Waals surface area contributed by atoms with Gasteiger partial charge in [0.25, 0.3) is 0 Å². The van der Waals surface area contributed by atoms with E-state index in [1.807, 2.05) is 18.2 Å². The molecule has 378 valence electrons. The monoisotopic (exact) mass is 995 g/mol. The molecule has 4 aromatic carbocycles. The minimum atomic E-state index is 0.708. The van der Waals surface area contributed by atoms with Crippen LogP contribution in [0, 0.1) is 0 Å². The summed E-state index contributed by atoms with van der Waals surface area (Å²) in [4.78, 5) is 26.2. The first-order valence-electron chi connectivity index (χ1n) is 27.6. The van der Waals surface area contributed by atoms with Crippen molar-refractivity contribution in [3.8, 4) is 5.75 Å². The first-order chi connectivity index (χ1) is 37.6. The lowest BCUT2D eigenvalue weighted by atomic mass is 9.98. The van der Waals surface area contributed by atoms with E-state index in [2.05, 4.69) is 211 Å². The zero-order chi connectivity index (χ0) is 51.3. The number of ether oxygens (including phenoxy) is 1. The predicted molar refractivity (Wildman–Crippen MR) is 319 cm³/mol. The highest BCUT2D eigenvalue weighted by Crippen LogP contribution is 2.39. The fourth-order valence-corrected chi connectivity index (χ4v) is 10.7. The Morgan fingerprint density at radius 3 is 1.03 bits per heavy atom. The summed E-state index contributed by atoms with van der Waals surface area (Å²) in [6, 6.07) is 39.8. The van der Waals surface area contributed by atoms with Gasteiger partial charge in [-0.3, -0.25) is 0 Å². The van der Waals surface area contributed by atoms with Crippen LogP contribution in [-0.2, 0) is 0 Å². The summed E-state index contributed by atoms with van der Waals surface area (Å²) in [5.41, 5.74) is 17.4. The molecule has 0 radical (unpaired) electrons. The molecule has 0 atom stereocenters. The Hall–Kier alpha value is -8.42. The maximum atomic E-state index is 6.34. The van der Waals surface area contributed by atoms with E-state index in [0.717, 1.165) is 122 Å². The van der Waals surface area contributed by atoms with Crippen molar-refractivity contribution in [3.05, 3.63) is 269 Å². The van der Waals surface area contributed by atoms with Gasteiger partial charge in [-0.2, -0.15) is 0 Å². The summed E-state index contributed by atoms with van der Waals surface area (Å²) in [6.45, 7) is 5.07. The van der Waals surface area contributed by atoms with Crippen molar-refractivity contribution >= 4 is 45.1 Å². The number of allylic oxidation sites excluding steroid dienone is 18. The Balaban J connectivity index is 0.731. The standard InChI is InChI=1S/C69H66N6O/c1-2-44-74-46-40-51(41-47-74)52-42-48-75(49-43-52)45-20-9-7-5-3-4-6-8-10-21-50-76-57-30-28-56(29-31-57)69-64-38-36-62(72-64)67(54-24-16-12-17-25-54)60-34-32-58(70-60)66(53-22-14-11-15-23-53)59-33-35-61(71-59)68(55-26-18-13-19-27-55)63-37-39-65(69)73-63/h11-19,22-43,46-49H,2-10,20-21,44-45,50H2,1H3. The summed E-state index contributed by atoms with van der Waals surface area (Å²) in [5.74, 6) is 0.870. The third-order valence-corrected chi connectivity index (χ3v) is 14.6. The van der Waals surface area contributed by atoms with E-state index in [1.54, 1.807) is 0 Å². The van der Waals surface area contributed by atoms with Gasteiger partial charge in [0.15, 0.2) is 0 Å². The molecule has 0 saturated heterocycles. The summed E-state index contributed by atoms with van der Waals surface area (Å²) < 4.78 is 6.34. The molecule has 0 N–H and O–H groups in total. The van der Waals surface area contributed by atoms with Gasteiger partial charge in [0.1, 0.15) is 5.75 Å². The molecule has 76 heavy (non-hydrogen) atoms. The number of aliphatic imine (C=N–C) groups is 4. The second-order valence-corrected chi connectivity index (χ2v) is 20.0. The molecule has 7 aliphatic rings. The molecule has 4 aromatic rings. The van der Waals surface area contributed by atoms with Gasteiger partial charge in [-0.25, -0.2) is 20.0 Å². The van der Waals surface area contributed by atoms with Crippen molar-refractivity contribution in [2.75, 3.05) is 19.7 Å². The number of hydrogen-bond acceptors (Lipinski definition) is 7. The molecular weight excluding hydrogens is 929 g/mol. The van der Waals surface area contributed by atoms with Crippen molar-refractivity contribution in [2.24, 2.45) is 20.0 Å². The molecule has 0 aromatic heterocycles. The molecule has 11 rings (SSSR count). The Morgan fingerprint density at radius 2 is 0.658 bits per heavy atom. The van der Waals surface area contributed by atoms with Crippen LogP contribution in [0.25, 0.3) is 22.3 Å². The molecule has 0 unspecified atom stereocenters. The number of benzene rings is 4. The van der Waals surface area contributed by atoms with E-state index >= 15 is 0 Å². The highest BCUT2D eigenvalue weighted by Gasteiger charge is 2.27. The van der Waals surface area contributed by atoms with Crippen LogP contribution in [0.3, 0.4) is 0 Å². The number of unbranched alkanes of at least 4 members (excludes halogenated alkanes) is 9. The third-order valence-electron chi connectivity index (χ3n) is 14.6. The summed E-state index contributed by atoms with van der Waals surface area (Å²) in [7, 11) is 0. The molecule has 7 heterocycles. The molecule has 0 fully saturated rings. The maximum Gasteiger partial charge on any atom is 0.119 e. The van der Waals surface area contributed by atoms with Crippen LogP contribution >= 0.6 is 0 Å². The SMILES string of the molecule is CCCN1C=CC(=C2C=CN(CCCCCCCCCCCCOc3ccc(C4=C5C=CC(=N5)C(c5ccccc5)=C5C=CC(=N5)C(c5ccccc5)=C5C=CC(=N5)C(c5ccccc5)=C5C=CC4=N5)cc3)C=C2)C=C1. The lowest BCUT2D eigenvalue weighted by Crippen LogP contribution is -2.14. The second kappa shape index (κ2) is 24.3. The van der Waals surface area contributed by atoms with E-state index in [4.69, 9.17) is 24.7 Å². The van der Waals surface area contributed by atoms with Gasteiger partial charge in [0.05, 0.1) is 52.2 Å². The lowest BCUT2D eigenvalue weighted by Gasteiger charge is -2.21. The van der Waals surface area contributed by atoms with Gasteiger partial charge in [0, 0.05) is 60.2 Å². The zero-order valence-corrected chi connectivity index (χ0v) is 43.7. The van der Waals surface area contributed by atoms with Crippen LogP contribution in [0.15, 0.2) is 267 Å². The Bertz CT molecular complexity index is 3290. The second-order valence-electron chi connectivity index (χ2n) is 20.0. The Morgan fingerprint density at radius 1 is 0.329 bits per heavy atom. The van der Waals surface area contributed by atoms with E-state index in [-0.39, 0.29) is 0 Å². The normalized spacial score (nSPS) is 17.3. The maximum absolute atomic E-state index is 6.34. The summed E-state index contributed by atoms with van der Waals surface area (Å²) in [5, 5.41) is 0. The van der Waals surface area contributed by atoms with Crippen molar-refractivity contribution in [1.82, 2.24) is 9.80 Å². The first kappa shape index (κ1) is 49.8. The topological polar surface area (TPSA) is 65.2 Å². The Kier molecular flexibility index (Phi) is 15.9. The number of fused-ring (bicyclic) bond motifs is 4. The van der Waals surface area contributed by atoms with Crippen molar-refractivity contribution in [2.45, 2.75) is 77.6 Å². The molecule has 7 nitrogen and oxygen atoms in total. The highest BCUT2D eigenvalue weighted by molar-refractivity contribution is 6.39. The van der Waals surface area contributed by atoms with Crippen LogP contribution in [0.4, 0.5) is 0 Å². The van der Waals surface area contributed by atoms with Crippen molar-refractivity contribution < 1.29 is 4.74 Å². The van der Waals surface area contributed by atoms with Crippen LogP contribution in [0.5, 0.6) is 5.75 Å². The van der Waals surface area contributed by atoms with Crippen molar-refractivity contribution in [3.63, 3.8) is 0 Å². The molecular formula is C69H66N6O. The molecule has 0 saturated carbocycles. The van der Waals surface area contributed by atoms with Crippen molar-refractivity contribution in [1.29, 1.82) is 0 Å². The number of nitrogens with zero attached hydrogens (tertiary/aromatic N) is 6. The van der Waals surface area contributed by atoms with E-state index in [0.29, 0.717) is 6.61 Å². The van der Waals surface area contributed by atoms with E-state index in [9.17, 15) is 0 Å². The van der Waals surface area contributed by atoms with Gasteiger partial charge < -0.3 is 14.5 Å². The fraction of sp³-hybridized carbons (Fsp3) is 0.217. The quantitative estimate of drug-likeness (QED) is 0.0829. The molecule has 0 spiro atoms. The highest BCUT2D eigenvalue weighted by atomic mass is 16.5. The van der Waals surface area contributed by atoms with Crippen LogP contribution in [-0.4, -0.2) is 52.3 Å². The summed E-state index contributed by atoms with van der Waals surface area (Å²) >= 11 is 0. The van der Waals surface area contributed by atoms with Gasteiger partial charge in [-0.05, 0) is 138 Å². The zero-order valence-electron chi connectivity index (χ0n) is 43.7. The molecule has 8 bridgehead atoms. The van der Waals surface area contributed by atoms with Gasteiger partial charge >= 0.3 is 0 Å². The molecule has 7 aliphatic heterocycles. The van der Waals surface area contributed by atoms with Gasteiger partial charge in [-0.1, -0.05) is 161 Å². The Labute approximate surface area is 449 Å². The van der Waals surface area contributed by atoms with Gasteiger partial charge in [-0.15, -0.1) is 0 Å². The molecule has 0 aliphatic carbocycles. The van der Waals surface area contributed by atoms with Crippen LogP contribution in [0.1, 0.15) is 99.8 Å². The first-order valence-corrected chi connectivity index (χ1v) is 27.6. The molecule has 7 heteroatoms. The predicted octanol–water partition coefficient (Wildman–Crippen LogP) is 16.4. The molecule has 0 amide bonds. The number of rotatable bonds is 20. The summed E-state index contributed by atoms with van der Waals surface area (Å²) in [6.07, 6.45) is 48.5. The van der Waals surface area contributed by atoms with E-state index in [1.165, 1.54) is 68.9 Å². The third kappa shape index (κ3) is 11.7. The van der Waals surface area contributed by atoms with Crippen LogP contribution < -0.4 is 4.74 Å². The number of hydrogen-bond donors (Lipinski definition) is 0. The average Bonchev–Trinajstić information content (AvgIpc) is 4.35. The smallest absolute Gasteiger partial charge is 0.119 e. The van der Waals surface area contributed by atoms with E-state index < -0.39 is 0 Å². The average molecular weight is 995 g/mol. The largest absolute Gasteiger partial charge is 0.494 e. The fourth-order valence-electron chi connectivity index (χ4n) is 10.7. The van der Waals surface area contributed by atoms with Crippen LogP contribution in [0.2, 0.25) is 0 Å². The lowest BCUT2D eigenvalue weighted by molar-refractivity contribution is 0.304. The van der Waals surface area contributed by atoms with Gasteiger partial charge in [0.2, 0.25) is 0 Å². The minimum Gasteiger partial charge on any atom is -0.494 e.